The maximum atomic E-state index is 11.9. The van der Waals surface area contributed by atoms with Gasteiger partial charge in [-0.1, -0.05) is 24.3 Å². The van der Waals surface area contributed by atoms with Crippen LogP contribution in [0, 0.1) is 11.3 Å². The van der Waals surface area contributed by atoms with Gasteiger partial charge in [-0.15, -0.1) is 0 Å². The van der Waals surface area contributed by atoms with Gasteiger partial charge in [0.1, 0.15) is 0 Å². The predicted octanol–water partition coefficient (Wildman–Crippen LogP) is 3.60. The Balaban J connectivity index is 1.99. The number of nitriles is 1. The third-order valence-electron chi connectivity index (χ3n) is 3.02. The fraction of sp³-hybridized carbons (Fsp3) is 0.118. The first kappa shape index (κ1) is 15.3. The van der Waals surface area contributed by atoms with Crippen molar-refractivity contribution in [2.45, 2.75) is 13.3 Å². The van der Waals surface area contributed by atoms with E-state index in [2.05, 4.69) is 16.7 Å². The minimum Gasteiger partial charge on any atom is -0.308 e. The molecule has 5 nitrogen and oxygen atoms in total. The summed E-state index contributed by atoms with van der Waals surface area (Å²) in [6.45, 7) is 1.47. The Kier molecular flexibility index (Phi) is 4.89. The second-order valence-corrected chi connectivity index (χ2v) is 4.75. The second-order valence-electron chi connectivity index (χ2n) is 4.75. The number of nitrogens with one attached hydrogen (secondary N) is 2. The summed E-state index contributed by atoms with van der Waals surface area (Å²) in [5.41, 5.74) is 2.61. The van der Waals surface area contributed by atoms with Crippen LogP contribution in [0.3, 0.4) is 0 Å². The minimum absolute atomic E-state index is 0.0582. The van der Waals surface area contributed by atoms with Crippen molar-refractivity contribution in [3.63, 3.8) is 0 Å². The van der Waals surface area contributed by atoms with Crippen molar-refractivity contribution in [2.75, 3.05) is 10.6 Å². The second kappa shape index (κ2) is 7.04. The molecule has 0 aliphatic heterocycles. The molecule has 0 saturated carbocycles. The van der Waals surface area contributed by atoms with E-state index in [9.17, 15) is 9.59 Å². The first-order chi connectivity index (χ1) is 10.6. The number of hydrogen-bond donors (Lipinski definition) is 2. The Morgan fingerprint density at radius 3 is 2.36 bits per heavy atom. The van der Waals surface area contributed by atoms with E-state index >= 15 is 0 Å². The number of Topliss-reactive ketones (excluding diaryl/α,β-unsaturated/α-hetero) is 1. The molecule has 0 radical (unpaired) electrons. The molecule has 0 spiro atoms. The Labute approximate surface area is 128 Å². The molecule has 2 amide bonds. The van der Waals surface area contributed by atoms with E-state index in [4.69, 9.17) is 5.26 Å². The Hall–Kier alpha value is -3.13. The van der Waals surface area contributed by atoms with Gasteiger partial charge < -0.3 is 10.6 Å². The molecule has 0 aromatic heterocycles. The Bertz CT molecular complexity index is 730. The number of nitrogens with zero attached hydrogens (tertiary/aromatic N) is 1. The fourth-order valence-electron chi connectivity index (χ4n) is 1.91. The van der Waals surface area contributed by atoms with Gasteiger partial charge in [-0.05, 0) is 36.8 Å². The van der Waals surface area contributed by atoms with Gasteiger partial charge in [0.2, 0.25) is 0 Å². The van der Waals surface area contributed by atoms with Crippen LogP contribution in [0.1, 0.15) is 22.8 Å². The summed E-state index contributed by atoms with van der Waals surface area (Å²) in [7, 11) is 0. The maximum Gasteiger partial charge on any atom is 0.323 e. The molecule has 2 N–H and O–H groups in total. The molecule has 0 aliphatic rings. The van der Waals surface area contributed by atoms with Crippen LogP contribution in [0.25, 0.3) is 0 Å². The molecule has 2 rings (SSSR count). The zero-order valence-electron chi connectivity index (χ0n) is 12.1. The molecule has 0 fully saturated rings. The minimum atomic E-state index is -0.395. The molecule has 0 aliphatic carbocycles. The molecular formula is C17H15N3O2. The molecule has 0 saturated heterocycles. The summed E-state index contributed by atoms with van der Waals surface area (Å²) in [6, 6.07) is 15.5. The summed E-state index contributed by atoms with van der Waals surface area (Å²) < 4.78 is 0. The number of ketones is 1. The third-order valence-corrected chi connectivity index (χ3v) is 3.02. The summed E-state index contributed by atoms with van der Waals surface area (Å²) in [4.78, 5) is 23.2. The van der Waals surface area contributed by atoms with Crippen LogP contribution in [-0.4, -0.2) is 11.8 Å². The van der Waals surface area contributed by atoms with Crippen LogP contribution < -0.4 is 10.6 Å². The average molecular weight is 293 g/mol. The van der Waals surface area contributed by atoms with E-state index in [-0.39, 0.29) is 5.78 Å². The highest BCUT2D eigenvalue weighted by atomic mass is 16.2. The van der Waals surface area contributed by atoms with Crippen molar-refractivity contribution in [1.29, 1.82) is 5.26 Å². The lowest BCUT2D eigenvalue weighted by atomic mass is 10.1. The van der Waals surface area contributed by atoms with Crippen LogP contribution in [0.4, 0.5) is 16.2 Å². The standard InChI is InChI=1S/C17H15N3O2/c1-12(21)14-3-2-4-16(11-14)20-17(22)19-15-7-5-13(6-8-15)9-10-18/h2-8,11H,9H2,1H3,(H2,19,20,22). The van der Waals surface area contributed by atoms with Gasteiger partial charge in [0, 0.05) is 16.9 Å². The van der Waals surface area contributed by atoms with Crippen molar-refractivity contribution in [1.82, 2.24) is 0 Å². The zero-order chi connectivity index (χ0) is 15.9. The van der Waals surface area contributed by atoms with Crippen LogP contribution in [0.5, 0.6) is 0 Å². The van der Waals surface area contributed by atoms with Crippen LogP contribution in [0.2, 0.25) is 0 Å². The summed E-state index contributed by atoms with van der Waals surface area (Å²) in [6.07, 6.45) is 0.338. The van der Waals surface area contributed by atoms with E-state index < -0.39 is 6.03 Å². The topological polar surface area (TPSA) is 82.0 Å². The maximum absolute atomic E-state index is 11.9. The van der Waals surface area contributed by atoms with E-state index in [1.54, 1.807) is 48.5 Å². The number of urea groups is 1. The van der Waals surface area contributed by atoms with Crippen molar-refractivity contribution >= 4 is 23.2 Å². The molecule has 0 unspecified atom stereocenters. The zero-order valence-corrected chi connectivity index (χ0v) is 12.1. The molecule has 110 valence electrons. The van der Waals surface area contributed by atoms with Gasteiger partial charge in [0.15, 0.2) is 5.78 Å². The Morgan fingerprint density at radius 1 is 1.05 bits per heavy atom. The first-order valence-electron chi connectivity index (χ1n) is 6.73. The number of anilines is 2. The summed E-state index contributed by atoms with van der Waals surface area (Å²) in [5, 5.41) is 14.0. The SMILES string of the molecule is CC(=O)c1cccc(NC(=O)Nc2ccc(CC#N)cc2)c1. The van der Waals surface area contributed by atoms with Crippen LogP contribution in [0.15, 0.2) is 48.5 Å². The molecule has 2 aromatic carbocycles. The monoisotopic (exact) mass is 293 g/mol. The van der Waals surface area contributed by atoms with Crippen LogP contribution in [-0.2, 0) is 6.42 Å². The van der Waals surface area contributed by atoms with Crippen LogP contribution >= 0.6 is 0 Å². The number of amides is 2. The van der Waals surface area contributed by atoms with Crippen molar-refractivity contribution in [3.8, 4) is 6.07 Å². The largest absolute Gasteiger partial charge is 0.323 e. The van der Waals surface area contributed by atoms with Gasteiger partial charge in [-0.3, -0.25) is 4.79 Å². The molecule has 2 aromatic rings. The van der Waals surface area contributed by atoms with Gasteiger partial charge in [-0.25, -0.2) is 4.79 Å². The van der Waals surface area contributed by atoms with E-state index in [0.29, 0.717) is 23.4 Å². The lowest BCUT2D eigenvalue weighted by Gasteiger charge is -2.08. The highest BCUT2D eigenvalue weighted by Gasteiger charge is 2.05. The number of hydrogen-bond acceptors (Lipinski definition) is 3. The fourth-order valence-corrected chi connectivity index (χ4v) is 1.91. The molecule has 0 bridgehead atoms. The first-order valence-corrected chi connectivity index (χ1v) is 6.73. The van der Waals surface area contributed by atoms with Gasteiger partial charge in [0.05, 0.1) is 12.5 Å². The highest BCUT2D eigenvalue weighted by molar-refractivity contribution is 6.01. The van der Waals surface area contributed by atoms with E-state index in [1.807, 2.05) is 0 Å². The molecule has 0 heterocycles. The number of carbonyl (C=O) groups excluding carboxylic acids is 2. The predicted molar refractivity (Wildman–Crippen MR) is 84.8 cm³/mol. The molecular weight excluding hydrogens is 278 g/mol. The summed E-state index contributed by atoms with van der Waals surface area (Å²) in [5.74, 6) is -0.0582. The molecule has 5 heteroatoms. The molecule has 22 heavy (non-hydrogen) atoms. The smallest absolute Gasteiger partial charge is 0.308 e. The van der Waals surface area contributed by atoms with Gasteiger partial charge in [0.25, 0.3) is 0 Å². The third kappa shape index (κ3) is 4.18. The Morgan fingerprint density at radius 2 is 1.73 bits per heavy atom. The molecule has 0 atom stereocenters. The quantitative estimate of drug-likeness (QED) is 0.845. The van der Waals surface area contributed by atoms with Crippen molar-refractivity contribution in [3.05, 3.63) is 59.7 Å². The van der Waals surface area contributed by atoms with Crippen molar-refractivity contribution < 1.29 is 9.59 Å². The lowest BCUT2D eigenvalue weighted by molar-refractivity contribution is 0.101. The van der Waals surface area contributed by atoms with Crippen molar-refractivity contribution in [2.24, 2.45) is 0 Å². The average Bonchev–Trinajstić information content (AvgIpc) is 2.49. The number of carbonyl (C=O) groups is 2. The number of benzene rings is 2. The van der Waals surface area contributed by atoms with E-state index in [0.717, 1.165) is 5.56 Å². The normalized spacial score (nSPS) is 9.64. The lowest BCUT2D eigenvalue weighted by Crippen LogP contribution is -2.19. The summed E-state index contributed by atoms with van der Waals surface area (Å²) >= 11 is 0. The van der Waals surface area contributed by atoms with E-state index in [1.165, 1.54) is 6.92 Å². The highest BCUT2D eigenvalue weighted by Crippen LogP contribution is 2.13. The number of rotatable bonds is 4. The van der Waals surface area contributed by atoms with Gasteiger partial charge in [-0.2, -0.15) is 5.26 Å². The van der Waals surface area contributed by atoms with Gasteiger partial charge >= 0.3 is 6.03 Å².